The van der Waals surface area contributed by atoms with Crippen LogP contribution in [-0.4, -0.2) is 62.0 Å². The van der Waals surface area contributed by atoms with Crippen molar-refractivity contribution in [1.29, 1.82) is 0 Å². The molecule has 0 unspecified atom stereocenters. The molecule has 5 rings (SSSR count). The van der Waals surface area contributed by atoms with Crippen LogP contribution in [0.4, 0.5) is 0 Å². The van der Waals surface area contributed by atoms with Crippen molar-refractivity contribution in [2.24, 2.45) is 5.41 Å². The fourth-order valence-corrected chi connectivity index (χ4v) is 7.49. The first-order valence-corrected chi connectivity index (χ1v) is 15.3. The molecule has 9 heteroatoms. The third kappa shape index (κ3) is 3.44. The molecule has 3 aliphatic heterocycles. The van der Waals surface area contributed by atoms with Crippen molar-refractivity contribution in [2.75, 3.05) is 6.61 Å². The van der Waals surface area contributed by atoms with Crippen LogP contribution in [0.2, 0.25) is 23.2 Å². The molecule has 0 amide bonds. The van der Waals surface area contributed by atoms with Crippen LogP contribution in [0, 0.1) is 5.41 Å². The quantitative estimate of drug-likeness (QED) is 0.358. The maximum absolute atomic E-state index is 12.8. The first-order valence-electron chi connectivity index (χ1n) is 12.0. The number of aliphatic hydroxyl groups is 1. The summed E-state index contributed by atoms with van der Waals surface area (Å²) in [4.78, 5) is 12.8. The number of rotatable bonds is 4. The van der Waals surface area contributed by atoms with E-state index in [1.165, 1.54) is 6.07 Å². The van der Waals surface area contributed by atoms with E-state index in [2.05, 4.69) is 40.8 Å². The molecule has 0 radical (unpaired) electrons. The van der Waals surface area contributed by atoms with Crippen LogP contribution in [0.1, 0.15) is 57.3 Å². The summed E-state index contributed by atoms with van der Waals surface area (Å²) in [6, 6.07) is 6.51. The van der Waals surface area contributed by atoms with E-state index in [0.717, 1.165) is 0 Å². The number of hydrogen-bond acceptors (Lipinski definition) is 7. The SMILES string of the molecule is CC(C)(C)[Si](C)(C)O[C@H]1CC[C@]23O[C@H](C[C@]2(C)[C@@]12CO2)O[C@H](OC(=O)c1cccc(Cl)c1)[C@H]3O. The average Bonchev–Trinajstić information content (AvgIpc) is 3.49. The van der Waals surface area contributed by atoms with Crippen molar-refractivity contribution in [3.8, 4) is 0 Å². The van der Waals surface area contributed by atoms with Crippen molar-refractivity contribution in [2.45, 2.75) is 101 Å². The molecule has 4 fully saturated rings. The maximum Gasteiger partial charge on any atom is 0.340 e. The van der Waals surface area contributed by atoms with Crippen molar-refractivity contribution < 1.29 is 33.3 Å². The van der Waals surface area contributed by atoms with Gasteiger partial charge in [0, 0.05) is 16.9 Å². The van der Waals surface area contributed by atoms with Gasteiger partial charge in [0.1, 0.15) is 17.3 Å². The van der Waals surface area contributed by atoms with Crippen molar-refractivity contribution in [3.05, 3.63) is 34.9 Å². The van der Waals surface area contributed by atoms with Crippen LogP contribution < -0.4 is 0 Å². The molecule has 188 valence electrons. The number of carbonyl (C=O) groups excluding carboxylic acids is 1. The first kappa shape index (κ1) is 24.7. The number of hydrogen-bond donors (Lipinski definition) is 1. The van der Waals surface area contributed by atoms with Gasteiger partial charge in [-0.15, -0.1) is 0 Å². The van der Waals surface area contributed by atoms with Crippen molar-refractivity contribution in [1.82, 2.24) is 0 Å². The van der Waals surface area contributed by atoms with Crippen LogP contribution >= 0.6 is 11.6 Å². The number of esters is 1. The van der Waals surface area contributed by atoms with E-state index < -0.39 is 49.6 Å². The molecule has 34 heavy (non-hydrogen) atoms. The number of fused-ring (bicyclic) bond motifs is 2. The highest BCUT2D eigenvalue weighted by Gasteiger charge is 2.81. The smallest absolute Gasteiger partial charge is 0.340 e. The Morgan fingerprint density at radius 1 is 1.26 bits per heavy atom. The zero-order valence-electron chi connectivity index (χ0n) is 20.7. The first-order chi connectivity index (χ1) is 15.7. The zero-order chi connectivity index (χ0) is 24.7. The van der Waals surface area contributed by atoms with Gasteiger partial charge in [-0.25, -0.2) is 4.79 Å². The Balaban J connectivity index is 1.40. The Bertz CT molecular complexity index is 990. The number of halogens is 1. The lowest BCUT2D eigenvalue weighted by Gasteiger charge is -2.56. The molecule has 1 aromatic carbocycles. The molecule has 4 aliphatic rings. The fourth-order valence-electron chi connectivity index (χ4n) is 5.93. The van der Waals surface area contributed by atoms with Gasteiger partial charge >= 0.3 is 5.97 Å². The summed E-state index contributed by atoms with van der Waals surface area (Å²) in [5.41, 5.74) is -1.74. The summed E-state index contributed by atoms with van der Waals surface area (Å²) in [5, 5.41) is 12.0. The fraction of sp³-hybridized carbons (Fsp3) is 0.720. The Labute approximate surface area is 207 Å². The van der Waals surface area contributed by atoms with Crippen molar-refractivity contribution >= 4 is 25.9 Å². The lowest BCUT2D eigenvalue weighted by Crippen LogP contribution is -2.69. The minimum Gasteiger partial charge on any atom is -0.429 e. The van der Waals surface area contributed by atoms with E-state index in [4.69, 9.17) is 35.0 Å². The van der Waals surface area contributed by atoms with Gasteiger partial charge in [0.15, 0.2) is 14.6 Å². The second kappa shape index (κ2) is 7.75. The molecule has 2 bridgehead atoms. The van der Waals surface area contributed by atoms with Gasteiger partial charge in [0.05, 0.1) is 18.3 Å². The van der Waals surface area contributed by atoms with Crippen molar-refractivity contribution in [3.63, 3.8) is 0 Å². The molecule has 7 nitrogen and oxygen atoms in total. The lowest BCUT2D eigenvalue weighted by atomic mass is 9.55. The lowest BCUT2D eigenvalue weighted by molar-refractivity contribution is -0.354. The maximum atomic E-state index is 12.8. The Morgan fingerprint density at radius 2 is 1.97 bits per heavy atom. The summed E-state index contributed by atoms with van der Waals surface area (Å²) >= 11 is 6.02. The molecule has 1 aliphatic carbocycles. The molecular formula is C25H35ClO7Si. The monoisotopic (exact) mass is 510 g/mol. The summed E-state index contributed by atoms with van der Waals surface area (Å²) in [6.45, 7) is 13.9. The highest BCUT2D eigenvalue weighted by atomic mass is 35.5. The normalized spacial score (nSPS) is 41.3. The van der Waals surface area contributed by atoms with Gasteiger partial charge in [-0.05, 0) is 49.2 Å². The van der Waals surface area contributed by atoms with E-state index in [1.54, 1.807) is 18.2 Å². The Hall–Kier alpha value is -1.00. The van der Waals surface area contributed by atoms with E-state index in [0.29, 0.717) is 36.5 Å². The summed E-state index contributed by atoms with van der Waals surface area (Å²) < 4.78 is 31.0. The second-order valence-electron chi connectivity index (χ2n) is 11.9. The van der Waals surface area contributed by atoms with Crippen LogP contribution in [0.15, 0.2) is 24.3 Å². The molecule has 0 aromatic heterocycles. The third-order valence-electron chi connectivity index (χ3n) is 9.09. The second-order valence-corrected chi connectivity index (χ2v) is 17.1. The van der Waals surface area contributed by atoms with Crippen LogP contribution in [0.5, 0.6) is 0 Å². The number of carbonyl (C=O) groups is 1. The Kier molecular flexibility index (Phi) is 5.62. The van der Waals surface area contributed by atoms with E-state index in [9.17, 15) is 9.90 Å². The predicted molar refractivity (Wildman–Crippen MR) is 128 cm³/mol. The van der Waals surface area contributed by atoms with Gasteiger partial charge in [-0.3, -0.25) is 0 Å². The summed E-state index contributed by atoms with van der Waals surface area (Å²) in [7, 11) is -2.04. The van der Waals surface area contributed by atoms with Gasteiger partial charge < -0.3 is 28.5 Å². The minimum atomic E-state index is -2.04. The highest BCUT2D eigenvalue weighted by Crippen LogP contribution is 2.69. The topological polar surface area (TPSA) is 86.8 Å². The number of aliphatic hydroxyl groups excluding tert-OH is 1. The molecule has 1 N–H and O–H groups in total. The predicted octanol–water partition coefficient (Wildman–Crippen LogP) is 4.66. The third-order valence-corrected chi connectivity index (χ3v) is 13.8. The minimum absolute atomic E-state index is 0.0729. The van der Waals surface area contributed by atoms with Gasteiger partial charge in [0.2, 0.25) is 6.29 Å². The number of epoxide rings is 1. The highest BCUT2D eigenvalue weighted by molar-refractivity contribution is 6.74. The molecule has 2 spiro atoms. The van der Waals surface area contributed by atoms with E-state index >= 15 is 0 Å². The molecular weight excluding hydrogens is 476 g/mol. The van der Waals surface area contributed by atoms with Gasteiger partial charge in [0.25, 0.3) is 0 Å². The summed E-state index contributed by atoms with van der Waals surface area (Å²) in [6.07, 6.45) is -1.17. The van der Waals surface area contributed by atoms with E-state index in [-0.39, 0.29) is 11.1 Å². The standard InChI is InChI=1S/C25H35ClO7Si/c1-22(2,3)34(5,6)33-17-10-11-24-19(27)21(31-20(28)15-8-7-9-16(26)12-15)30-18(32-24)13-23(24,4)25(17)14-29-25/h7-9,12,17-19,21,27H,10-11,13-14H2,1-6H3/t17-,18+,19+,21+,23-,24+,25+/m0/s1. The average molecular weight is 511 g/mol. The molecule has 3 saturated heterocycles. The largest absolute Gasteiger partial charge is 0.429 e. The van der Waals surface area contributed by atoms with Crippen LogP contribution in [0.3, 0.4) is 0 Å². The Morgan fingerprint density at radius 3 is 2.59 bits per heavy atom. The number of benzene rings is 1. The van der Waals surface area contributed by atoms with Gasteiger partial charge in [-0.2, -0.15) is 0 Å². The molecule has 7 atom stereocenters. The molecule has 1 saturated carbocycles. The van der Waals surface area contributed by atoms with Crippen LogP contribution in [0.25, 0.3) is 0 Å². The summed E-state index contributed by atoms with van der Waals surface area (Å²) in [5.74, 6) is -0.599. The zero-order valence-corrected chi connectivity index (χ0v) is 22.5. The van der Waals surface area contributed by atoms with Gasteiger partial charge in [-0.1, -0.05) is 45.4 Å². The molecule has 3 heterocycles. The number of ether oxygens (including phenoxy) is 4. The molecule has 1 aromatic rings. The van der Waals surface area contributed by atoms with Crippen LogP contribution in [-0.2, 0) is 23.4 Å². The van der Waals surface area contributed by atoms with E-state index in [1.807, 2.05) is 0 Å².